The first-order valence-corrected chi connectivity index (χ1v) is 3.10. The highest BCUT2D eigenvalue weighted by Crippen LogP contribution is 2.07. The van der Waals surface area contributed by atoms with Crippen molar-refractivity contribution in [3.63, 3.8) is 0 Å². The highest BCUT2D eigenvalue weighted by Gasteiger charge is 2.08. The standard InChI is InChI=1S/C4H6N8/c5-4-8-2(9-11-4)3-10-7-1-12(3)6/h1H,6H2,(H3,5,8,9,11). The van der Waals surface area contributed by atoms with E-state index in [4.69, 9.17) is 11.6 Å². The van der Waals surface area contributed by atoms with E-state index in [1.165, 1.54) is 11.0 Å². The minimum Gasteiger partial charge on any atom is -0.366 e. The van der Waals surface area contributed by atoms with Gasteiger partial charge in [0.2, 0.25) is 11.8 Å². The van der Waals surface area contributed by atoms with Crippen LogP contribution in [0.4, 0.5) is 5.95 Å². The molecule has 12 heavy (non-hydrogen) atoms. The number of nitrogen functional groups attached to an aromatic ring is 2. The van der Waals surface area contributed by atoms with Crippen LogP contribution in [0.15, 0.2) is 6.33 Å². The first-order valence-electron chi connectivity index (χ1n) is 3.10. The van der Waals surface area contributed by atoms with Crippen molar-refractivity contribution in [2.75, 3.05) is 11.6 Å². The molecule has 5 N–H and O–H groups in total. The molecule has 0 aliphatic rings. The molecule has 0 amide bonds. The predicted octanol–water partition coefficient (Wildman–Crippen LogP) is -1.64. The fourth-order valence-electron chi connectivity index (χ4n) is 0.787. The summed E-state index contributed by atoms with van der Waals surface area (Å²) < 4.78 is 1.22. The van der Waals surface area contributed by atoms with Gasteiger partial charge < -0.3 is 11.6 Å². The molecule has 0 fully saturated rings. The largest absolute Gasteiger partial charge is 0.366 e. The predicted molar refractivity (Wildman–Crippen MR) is 40.0 cm³/mol. The number of nitrogens with one attached hydrogen (secondary N) is 1. The summed E-state index contributed by atoms with van der Waals surface area (Å²) in [5.41, 5.74) is 5.28. The van der Waals surface area contributed by atoms with Crippen molar-refractivity contribution in [2.24, 2.45) is 0 Å². The zero-order valence-electron chi connectivity index (χ0n) is 5.97. The molecule has 2 rings (SSSR count). The Morgan fingerprint density at radius 3 is 2.83 bits per heavy atom. The molecule has 0 aliphatic carbocycles. The van der Waals surface area contributed by atoms with E-state index < -0.39 is 0 Å². The van der Waals surface area contributed by atoms with Gasteiger partial charge in [0, 0.05) is 0 Å². The lowest BCUT2D eigenvalue weighted by atomic mass is 10.6. The highest BCUT2D eigenvalue weighted by molar-refractivity contribution is 5.44. The van der Waals surface area contributed by atoms with Crippen LogP contribution in [0.1, 0.15) is 0 Å². The molecule has 0 aromatic carbocycles. The van der Waals surface area contributed by atoms with Gasteiger partial charge in [0.25, 0.3) is 0 Å². The number of H-pyrrole nitrogens is 1. The Bertz CT molecular complexity index is 385. The average Bonchev–Trinajstić information content (AvgIpc) is 2.58. The molecular formula is C4H6N8. The number of aromatic amines is 1. The molecule has 0 spiro atoms. The van der Waals surface area contributed by atoms with Gasteiger partial charge in [-0.1, -0.05) is 0 Å². The van der Waals surface area contributed by atoms with Crippen molar-refractivity contribution in [3.05, 3.63) is 6.33 Å². The number of rotatable bonds is 1. The number of hydrogen-bond acceptors (Lipinski definition) is 6. The maximum atomic E-state index is 5.44. The van der Waals surface area contributed by atoms with Crippen LogP contribution in [0, 0.1) is 0 Å². The molecule has 0 atom stereocenters. The lowest BCUT2D eigenvalue weighted by Gasteiger charge is -1.91. The van der Waals surface area contributed by atoms with Crippen molar-refractivity contribution in [2.45, 2.75) is 0 Å². The molecule has 2 aromatic rings. The zero-order chi connectivity index (χ0) is 8.55. The van der Waals surface area contributed by atoms with Crippen molar-refractivity contribution < 1.29 is 0 Å². The quantitative estimate of drug-likeness (QED) is 0.436. The third kappa shape index (κ3) is 0.856. The molecule has 0 aliphatic heterocycles. The fraction of sp³-hybridized carbons (Fsp3) is 0. The summed E-state index contributed by atoms with van der Waals surface area (Å²) in [4.78, 5) is 3.82. The maximum Gasteiger partial charge on any atom is 0.239 e. The Balaban J connectivity index is 2.50. The summed E-state index contributed by atoms with van der Waals surface area (Å²) in [5, 5.41) is 13.4. The summed E-state index contributed by atoms with van der Waals surface area (Å²) in [6.45, 7) is 0. The van der Waals surface area contributed by atoms with Crippen molar-refractivity contribution in [1.82, 2.24) is 30.1 Å². The van der Waals surface area contributed by atoms with E-state index in [2.05, 4.69) is 25.4 Å². The number of nitrogens with two attached hydrogens (primary N) is 2. The van der Waals surface area contributed by atoms with E-state index in [-0.39, 0.29) is 5.95 Å². The van der Waals surface area contributed by atoms with Gasteiger partial charge in [0.15, 0.2) is 5.82 Å². The first-order chi connectivity index (χ1) is 5.77. The van der Waals surface area contributed by atoms with E-state index >= 15 is 0 Å². The van der Waals surface area contributed by atoms with Crippen molar-refractivity contribution in [1.29, 1.82) is 0 Å². The number of aromatic nitrogens is 6. The van der Waals surface area contributed by atoms with Crippen molar-refractivity contribution >= 4 is 5.95 Å². The number of hydrogen-bond donors (Lipinski definition) is 3. The summed E-state index contributed by atoms with van der Waals surface area (Å²) in [6.07, 6.45) is 1.36. The monoisotopic (exact) mass is 166 g/mol. The van der Waals surface area contributed by atoms with Gasteiger partial charge in [0.05, 0.1) is 0 Å². The highest BCUT2D eigenvalue weighted by atomic mass is 15.4. The maximum absolute atomic E-state index is 5.44. The molecule has 8 nitrogen and oxygen atoms in total. The van der Waals surface area contributed by atoms with Crippen LogP contribution in [-0.2, 0) is 0 Å². The van der Waals surface area contributed by atoms with Gasteiger partial charge in [-0.25, -0.2) is 4.68 Å². The molecule has 8 heteroatoms. The number of nitrogens with zero attached hydrogens (tertiary/aromatic N) is 5. The van der Waals surface area contributed by atoms with Gasteiger partial charge in [0.1, 0.15) is 6.33 Å². The van der Waals surface area contributed by atoms with Crippen molar-refractivity contribution in [3.8, 4) is 11.6 Å². The molecule has 2 aromatic heterocycles. The summed E-state index contributed by atoms with van der Waals surface area (Å²) >= 11 is 0. The summed E-state index contributed by atoms with van der Waals surface area (Å²) in [5.74, 6) is 6.38. The zero-order valence-corrected chi connectivity index (χ0v) is 5.97. The third-order valence-electron chi connectivity index (χ3n) is 1.29. The van der Waals surface area contributed by atoms with E-state index in [9.17, 15) is 0 Å². The third-order valence-corrected chi connectivity index (χ3v) is 1.29. The second-order valence-electron chi connectivity index (χ2n) is 2.10. The first kappa shape index (κ1) is 6.58. The Labute approximate surface area is 66.6 Å². The summed E-state index contributed by atoms with van der Waals surface area (Å²) in [7, 11) is 0. The average molecular weight is 166 g/mol. The molecule has 2 heterocycles. The molecule has 0 radical (unpaired) electrons. The molecular weight excluding hydrogens is 160 g/mol. The van der Waals surface area contributed by atoms with E-state index in [1.54, 1.807) is 0 Å². The van der Waals surface area contributed by atoms with Crippen LogP contribution < -0.4 is 11.6 Å². The Kier molecular flexibility index (Phi) is 1.20. The second-order valence-corrected chi connectivity index (χ2v) is 2.10. The second kappa shape index (κ2) is 2.19. The van der Waals surface area contributed by atoms with Crippen LogP contribution in [0.3, 0.4) is 0 Å². The normalized spacial score (nSPS) is 10.3. The SMILES string of the molecule is Nc1n[nH]c(-c2nncn2N)n1. The Morgan fingerprint density at radius 2 is 2.33 bits per heavy atom. The van der Waals surface area contributed by atoms with Gasteiger partial charge >= 0.3 is 0 Å². The molecule has 0 saturated heterocycles. The molecule has 0 bridgehead atoms. The van der Waals surface area contributed by atoms with Crippen LogP contribution in [0.5, 0.6) is 0 Å². The topological polar surface area (TPSA) is 124 Å². The lowest BCUT2D eigenvalue weighted by Crippen LogP contribution is -2.08. The van der Waals surface area contributed by atoms with Gasteiger partial charge in [-0.3, -0.25) is 5.10 Å². The molecule has 0 unspecified atom stereocenters. The molecule has 0 saturated carbocycles. The van der Waals surface area contributed by atoms with Crippen LogP contribution in [0.2, 0.25) is 0 Å². The fourth-order valence-corrected chi connectivity index (χ4v) is 0.787. The minimum absolute atomic E-state index is 0.146. The van der Waals surface area contributed by atoms with Gasteiger partial charge in [-0.05, 0) is 0 Å². The van der Waals surface area contributed by atoms with Crippen LogP contribution in [-0.4, -0.2) is 30.1 Å². The van der Waals surface area contributed by atoms with Gasteiger partial charge in [-0.15, -0.1) is 15.3 Å². The van der Waals surface area contributed by atoms with E-state index in [0.717, 1.165) is 0 Å². The minimum atomic E-state index is 0.146. The molecule has 62 valence electrons. The van der Waals surface area contributed by atoms with Crippen LogP contribution >= 0.6 is 0 Å². The van der Waals surface area contributed by atoms with Crippen LogP contribution in [0.25, 0.3) is 11.6 Å². The lowest BCUT2D eigenvalue weighted by molar-refractivity contribution is 0.979. The van der Waals surface area contributed by atoms with E-state index in [1.807, 2.05) is 0 Å². The number of anilines is 1. The Morgan fingerprint density at radius 1 is 1.50 bits per heavy atom. The smallest absolute Gasteiger partial charge is 0.239 e. The summed E-state index contributed by atoms with van der Waals surface area (Å²) in [6, 6.07) is 0. The van der Waals surface area contributed by atoms with E-state index in [0.29, 0.717) is 11.6 Å². The Hall–Kier alpha value is -2.12. The van der Waals surface area contributed by atoms with Gasteiger partial charge in [-0.2, -0.15) is 4.98 Å².